The summed E-state index contributed by atoms with van der Waals surface area (Å²) in [6.07, 6.45) is 0. The zero-order chi connectivity index (χ0) is 17.8. The molecule has 3 nitrogen and oxygen atoms in total. The van der Waals surface area contributed by atoms with Crippen LogP contribution in [0.2, 0.25) is 5.02 Å². The fourth-order valence-corrected chi connectivity index (χ4v) is 2.56. The van der Waals surface area contributed by atoms with Gasteiger partial charge in [0, 0.05) is 5.56 Å². The summed E-state index contributed by atoms with van der Waals surface area (Å²) < 4.78 is 18.8. The van der Waals surface area contributed by atoms with E-state index in [4.69, 9.17) is 16.3 Å². The van der Waals surface area contributed by atoms with Crippen LogP contribution in [0.15, 0.2) is 66.7 Å². The molecule has 0 aliphatic heterocycles. The van der Waals surface area contributed by atoms with Crippen LogP contribution in [-0.4, -0.2) is 11.1 Å². The van der Waals surface area contributed by atoms with Crippen molar-refractivity contribution >= 4 is 17.6 Å². The van der Waals surface area contributed by atoms with Crippen LogP contribution in [0.1, 0.15) is 15.9 Å². The Balaban J connectivity index is 1.69. The van der Waals surface area contributed by atoms with E-state index in [2.05, 4.69) is 0 Å². The number of aromatic hydroxyl groups is 1. The largest absolute Gasteiger partial charge is 0.508 e. The first-order valence-corrected chi connectivity index (χ1v) is 7.92. The Morgan fingerprint density at radius 1 is 0.960 bits per heavy atom. The number of hydrogen-bond donors (Lipinski definition) is 1. The third kappa shape index (κ3) is 3.98. The molecule has 0 saturated carbocycles. The standard InChI is InChI=1S/C20H14ClFO3/c21-18-2-1-3-19(22)17(18)12-25-20(24)15-6-4-13(5-7-15)14-8-10-16(23)11-9-14/h1-11,23H,12H2. The SMILES string of the molecule is O=C(OCc1c(F)cccc1Cl)c1ccc(-c2ccc(O)cc2)cc1. The number of benzene rings is 3. The van der Waals surface area contributed by atoms with Gasteiger partial charge in [-0.3, -0.25) is 0 Å². The minimum absolute atomic E-state index is 0.151. The van der Waals surface area contributed by atoms with Crippen LogP contribution in [-0.2, 0) is 11.3 Å². The number of hydrogen-bond acceptors (Lipinski definition) is 3. The second kappa shape index (κ2) is 7.36. The molecule has 0 aliphatic carbocycles. The van der Waals surface area contributed by atoms with Crippen molar-refractivity contribution in [1.29, 1.82) is 0 Å². The smallest absolute Gasteiger partial charge is 0.338 e. The molecule has 3 aromatic rings. The topological polar surface area (TPSA) is 46.5 Å². The predicted molar refractivity (Wildman–Crippen MR) is 94.1 cm³/mol. The van der Waals surface area contributed by atoms with E-state index in [0.717, 1.165) is 11.1 Å². The lowest BCUT2D eigenvalue weighted by Crippen LogP contribution is -2.06. The van der Waals surface area contributed by atoms with Crippen molar-refractivity contribution in [2.45, 2.75) is 6.61 Å². The maximum Gasteiger partial charge on any atom is 0.338 e. The molecule has 0 amide bonds. The van der Waals surface area contributed by atoms with Crippen molar-refractivity contribution in [3.63, 3.8) is 0 Å². The van der Waals surface area contributed by atoms with Crippen molar-refractivity contribution in [3.05, 3.63) is 88.7 Å². The average Bonchev–Trinajstić information content (AvgIpc) is 2.62. The number of phenols is 1. The fraction of sp³-hybridized carbons (Fsp3) is 0.0500. The minimum Gasteiger partial charge on any atom is -0.508 e. The van der Waals surface area contributed by atoms with Crippen LogP contribution in [0, 0.1) is 5.82 Å². The zero-order valence-corrected chi connectivity index (χ0v) is 13.8. The molecule has 3 aromatic carbocycles. The van der Waals surface area contributed by atoms with Crippen LogP contribution in [0.5, 0.6) is 5.75 Å². The quantitative estimate of drug-likeness (QED) is 0.653. The van der Waals surface area contributed by atoms with Gasteiger partial charge in [-0.25, -0.2) is 9.18 Å². The van der Waals surface area contributed by atoms with Crippen molar-refractivity contribution in [3.8, 4) is 16.9 Å². The van der Waals surface area contributed by atoms with Gasteiger partial charge < -0.3 is 9.84 Å². The molecular formula is C20H14ClFO3. The Morgan fingerprint density at radius 3 is 2.16 bits per heavy atom. The van der Waals surface area contributed by atoms with E-state index in [0.29, 0.717) is 5.56 Å². The minimum atomic E-state index is -0.559. The number of carbonyl (C=O) groups is 1. The van der Waals surface area contributed by atoms with Crippen LogP contribution in [0.4, 0.5) is 4.39 Å². The summed E-state index contributed by atoms with van der Waals surface area (Å²) in [5, 5.41) is 9.53. The molecule has 0 bridgehead atoms. The maximum atomic E-state index is 13.7. The lowest BCUT2D eigenvalue weighted by molar-refractivity contribution is 0.0469. The monoisotopic (exact) mass is 356 g/mol. The highest BCUT2D eigenvalue weighted by Gasteiger charge is 2.12. The number of ether oxygens (including phenoxy) is 1. The van der Waals surface area contributed by atoms with Crippen molar-refractivity contribution < 1.29 is 19.0 Å². The van der Waals surface area contributed by atoms with Gasteiger partial charge in [-0.1, -0.05) is 41.9 Å². The Morgan fingerprint density at radius 2 is 1.56 bits per heavy atom. The Kier molecular flexibility index (Phi) is 5.00. The molecule has 1 N–H and O–H groups in total. The lowest BCUT2D eigenvalue weighted by atomic mass is 10.0. The highest BCUT2D eigenvalue weighted by Crippen LogP contribution is 2.23. The first-order chi connectivity index (χ1) is 12.0. The molecule has 0 aromatic heterocycles. The Bertz CT molecular complexity index is 870. The van der Waals surface area contributed by atoms with E-state index in [9.17, 15) is 14.3 Å². The number of carbonyl (C=O) groups excluding carboxylic acids is 1. The predicted octanol–water partition coefficient (Wildman–Crippen LogP) is 5.21. The van der Waals surface area contributed by atoms with E-state index in [1.54, 1.807) is 54.6 Å². The molecule has 0 saturated heterocycles. The molecule has 0 atom stereocenters. The molecule has 0 aliphatic rings. The summed E-state index contributed by atoms with van der Waals surface area (Å²) in [5.41, 5.74) is 2.32. The molecule has 0 radical (unpaired) electrons. The van der Waals surface area contributed by atoms with Crippen LogP contribution >= 0.6 is 11.6 Å². The van der Waals surface area contributed by atoms with Crippen molar-refractivity contribution in [2.24, 2.45) is 0 Å². The van der Waals surface area contributed by atoms with Gasteiger partial charge in [-0.05, 0) is 47.5 Å². The molecule has 5 heteroatoms. The van der Waals surface area contributed by atoms with Crippen LogP contribution < -0.4 is 0 Å². The maximum absolute atomic E-state index is 13.7. The summed E-state index contributed by atoms with van der Waals surface area (Å²) in [6, 6.07) is 17.9. The first kappa shape index (κ1) is 17.0. The summed E-state index contributed by atoms with van der Waals surface area (Å²) in [4.78, 5) is 12.1. The number of esters is 1. The van der Waals surface area contributed by atoms with Gasteiger partial charge in [0.25, 0.3) is 0 Å². The summed E-state index contributed by atoms with van der Waals surface area (Å²) in [6.45, 7) is -0.232. The van der Waals surface area contributed by atoms with Gasteiger partial charge in [0.05, 0.1) is 10.6 Å². The summed E-state index contributed by atoms with van der Waals surface area (Å²) in [7, 11) is 0. The zero-order valence-electron chi connectivity index (χ0n) is 13.1. The molecule has 25 heavy (non-hydrogen) atoms. The highest BCUT2D eigenvalue weighted by atomic mass is 35.5. The van der Waals surface area contributed by atoms with Gasteiger partial charge in [0.2, 0.25) is 0 Å². The number of phenolic OH excluding ortho intramolecular Hbond substituents is 1. The third-order valence-corrected chi connectivity index (χ3v) is 4.08. The molecule has 0 unspecified atom stereocenters. The first-order valence-electron chi connectivity index (χ1n) is 7.54. The van der Waals surface area contributed by atoms with E-state index in [-0.39, 0.29) is 22.9 Å². The lowest BCUT2D eigenvalue weighted by Gasteiger charge is -2.08. The molecule has 126 valence electrons. The Labute approximate surface area is 149 Å². The van der Waals surface area contributed by atoms with Crippen molar-refractivity contribution in [2.75, 3.05) is 0 Å². The van der Waals surface area contributed by atoms with Gasteiger partial charge in [0.15, 0.2) is 0 Å². The van der Waals surface area contributed by atoms with E-state index in [1.807, 2.05) is 0 Å². The molecule has 0 spiro atoms. The van der Waals surface area contributed by atoms with Gasteiger partial charge in [-0.15, -0.1) is 0 Å². The molecule has 0 heterocycles. The normalized spacial score (nSPS) is 10.5. The highest BCUT2D eigenvalue weighted by molar-refractivity contribution is 6.31. The van der Waals surface area contributed by atoms with E-state index < -0.39 is 11.8 Å². The van der Waals surface area contributed by atoms with Crippen LogP contribution in [0.25, 0.3) is 11.1 Å². The molecule has 0 fully saturated rings. The fourth-order valence-electron chi connectivity index (χ4n) is 2.34. The van der Waals surface area contributed by atoms with E-state index in [1.165, 1.54) is 12.1 Å². The summed E-state index contributed by atoms with van der Waals surface area (Å²) in [5.74, 6) is -0.879. The third-order valence-electron chi connectivity index (χ3n) is 3.73. The Hall–Kier alpha value is -2.85. The van der Waals surface area contributed by atoms with E-state index >= 15 is 0 Å². The summed E-state index contributed by atoms with van der Waals surface area (Å²) >= 11 is 5.91. The number of halogens is 2. The molecule has 3 rings (SSSR count). The second-order valence-electron chi connectivity index (χ2n) is 5.40. The second-order valence-corrected chi connectivity index (χ2v) is 5.81. The molecular weight excluding hydrogens is 343 g/mol. The average molecular weight is 357 g/mol. The van der Waals surface area contributed by atoms with Crippen LogP contribution in [0.3, 0.4) is 0 Å². The van der Waals surface area contributed by atoms with Gasteiger partial charge in [0.1, 0.15) is 18.2 Å². The number of rotatable bonds is 4. The van der Waals surface area contributed by atoms with Gasteiger partial charge >= 0.3 is 5.97 Å². The van der Waals surface area contributed by atoms with Crippen molar-refractivity contribution in [1.82, 2.24) is 0 Å². The van der Waals surface area contributed by atoms with Gasteiger partial charge in [-0.2, -0.15) is 0 Å².